The summed E-state index contributed by atoms with van der Waals surface area (Å²) in [6, 6.07) is 0. The predicted molar refractivity (Wildman–Crippen MR) is 40.5 cm³/mol. The number of nitrogens with two attached hydrogens (primary N) is 1. The summed E-state index contributed by atoms with van der Waals surface area (Å²) in [7, 11) is 0. The van der Waals surface area contributed by atoms with Crippen LogP contribution in [-0.2, 0) is 0 Å². The van der Waals surface area contributed by atoms with Crippen molar-refractivity contribution in [2.75, 3.05) is 5.73 Å². The maximum absolute atomic E-state index is 12.9. The molecule has 0 radical (unpaired) electrons. The van der Waals surface area contributed by atoms with E-state index < -0.39 is 35.2 Å². The summed E-state index contributed by atoms with van der Waals surface area (Å²) in [5.74, 6) is -3.00. The summed E-state index contributed by atoms with van der Waals surface area (Å²) in [5, 5.41) is 8.45. The monoisotopic (exact) mass is 206 g/mol. The van der Waals surface area contributed by atoms with Crippen LogP contribution in [0.1, 0.15) is 22.5 Å². The third-order valence-electron chi connectivity index (χ3n) is 1.52. The van der Waals surface area contributed by atoms with Gasteiger partial charge in [0.05, 0.1) is 5.69 Å². The average molecular weight is 206 g/mol. The molecule has 0 fully saturated rings. The maximum Gasteiger partial charge on any atom is 0.339 e. The number of nitrogens with zero attached hydrogens (tertiary/aromatic N) is 1. The first-order valence-corrected chi connectivity index (χ1v) is 3.40. The highest BCUT2D eigenvalue weighted by Gasteiger charge is 2.21. The number of aromatic carboxylic acids is 1. The number of anilines is 1. The molecule has 0 aromatic carbocycles. The summed E-state index contributed by atoms with van der Waals surface area (Å²) in [6.45, 7) is 0. The van der Waals surface area contributed by atoms with Crippen LogP contribution < -0.4 is 5.73 Å². The molecule has 0 spiro atoms. The SMILES string of the molecule is Nc1c(C(=O)O)cnc(C(F)F)c1F. The molecule has 0 aliphatic rings. The van der Waals surface area contributed by atoms with Crippen molar-refractivity contribution in [1.29, 1.82) is 0 Å². The summed E-state index contributed by atoms with van der Waals surface area (Å²) in [4.78, 5) is 13.4. The summed E-state index contributed by atoms with van der Waals surface area (Å²) >= 11 is 0. The zero-order valence-electron chi connectivity index (χ0n) is 6.67. The van der Waals surface area contributed by atoms with Gasteiger partial charge in [0.1, 0.15) is 11.3 Å². The minimum atomic E-state index is -3.12. The molecule has 1 aromatic heterocycles. The Bertz CT molecular complexity index is 381. The van der Waals surface area contributed by atoms with Crippen molar-refractivity contribution in [3.63, 3.8) is 0 Å². The van der Waals surface area contributed by atoms with Crippen molar-refractivity contribution in [2.24, 2.45) is 0 Å². The number of rotatable bonds is 2. The van der Waals surface area contributed by atoms with Crippen LogP contribution in [0.5, 0.6) is 0 Å². The Balaban J connectivity index is 3.33. The molecule has 4 nitrogen and oxygen atoms in total. The summed E-state index contributed by atoms with van der Waals surface area (Å²) in [5.41, 5.74) is 2.38. The molecule has 0 atom stereocenters. The first kappa shape index (κ1) is 10.3. The van der Waals surface area contributed by atoms with E-state index in [9.17, 15) is 18.0 Å². The van der Waals surface area contributed by atoms with Gasteiger partial charge in [-0.2, -0.15) is 0 Å². The topological polar surface area (TPSA) is 76.2 Å². The van der Waals surface area contributed by atoms with Gasteiger partial charge < -0.3 is 10.8 Å². The molecule has 0 saturated heterocycles. The van der Waals surface area contributed by atoms with Gasteiger partial charge >= 0.3 is 5.97 Å². The molecule has 0 aliphatic heterocycles. The number of hydrogen-bond donors (Lipinski definition) is 2. The second-order valence-electron chi connectivity index (χ2n) is 2.39. The molecular weight excluding hydrogens is 201 g/mol. The smallest absolute Gasteiger partial charge is 0.339 e. The third kappa shape index (κ3) is 1.61. The highest BCUT2D eigenvalue weighted by molar-refractivity contribution is 5.93. The fourth-order valence-corrected chi connectivity index (χ4v) is 0.839. The van der Waals surface area contributed by atoms with E-state index in [1.54, 1.807) is 0 Å². The number of alkyl halides is 2. The molecule has 0 amide bonds. The minimum absolute atomic E-state index is 0.599. The van der Waals surface area contributed by atoms with E-state index in [4.69, 9.17) is 10.8 Å². The van der Waals surface area contributed by atoms with Crippen molar-refractivity contribution >= 4 is 11.7 Å². The van der Waals surface area contributed by atoms with Gasteiger partial charge in [0.25, 0.3) is 6.43 Å². The maximum atomic E-state index is 12.9. The third-order valence-corrected chi connectivity index (χ3v) is 1.52. The van der Waals surface area contributed by atoms with Gasteiger partial charge in [0.15, 0.2) is 5.82 Å². The first-order valence-electron chi connectivity index (χ1n) is 3.40. The van der Waals surface area contributed by atoms with E-state index in [1.807, 2.05) is 0 Å². The van der Waals surface area contributed by atoms with E-state index in [0.717, 1.165) is 0 Å². The first-order chi connectivity index (χ1) is 6.45. The fourth-order valence-electron chi connectivity index (χ4n) is 0.839. The predicted octanol–water partition coefficient (Wildman–Crippen LogP) is 1.44. The van der Waals surface area contributed by atoms with Crippen molar-refractivity contribution in [3.05, 3.63) is 23.3 Å². The van der Waals surface area contributed by atoms with Crippen LogP contribution in [0.15, 0.2) is 6.20 Å². The van der Waals surface area contributed by atoms with Gasteiger partial charge in [-0.05, 0) is 0 Å². The van der Waals surface area contributed by atoms with Gasteiger partial charge in [0, 0.05) is 6.20 Å². The van der Waals surface area contributed by atoms with E-state index >= 15 is 0 Å². The highest BCUT2D eigenvalue weighted by atomic mass is 19.3. The molecule has 0 aliphatic carbocycles. The molecule has 0 bridgehead atoms. The number of hydrogen-bond acceptors (Lipinski definition) is 3. The van der Waals surface area contributed by atoms with E-state index in [2.05, 4.69) is 4.98 Å². The second-order valence-corrected chi connectivity index (χ2v) is 2.39. The number of aromatic nitrogens is 1. The molecule has 1 aromatic rings. The molecule has 14 heavy (non-hydrogen) atoms. The molecule has 0 saturated carbocycles. The van der Waals surface area contributed by atoms with Gasteiger partial charge in [-0.3, -0.25) is 4.98 Å². The van der Waals surface area contributed by atoms with Crippen molar-refractivity contribution in [3.8, 4) is 0 Å². The number of carboxylic acid groups (broad SMARTS) is 1. The fraction of sp³-hybridized carbons (Fsp3) is 0.143. The Morgan fingerprint density at radius 3 is 2.57 bits per heavy atom. The Hall–Kier alpha value is -1.79. The van der Waals surface area contributed by atoms with Crippen LogP contribution in [0.4, 0.5) is 18.9 Å². The number of pyridine rings is 1. The standard InChI is InChI=1S/C7H5F3N2O2/c8-3-4(11)2(7(13)14)1-12-5(3)6(9)10/h1,6H,(H2,11,12)(H,13,14). The molecule has 0 unspecified atom stereocenters. The molecule has 1 heterocycles. The van der Waals surface area contributed by atoms with Crippen LogP contribution in [0.2, 0.25) is 0 Å². The number of carbonyl (C=O) groups is 1. The van der Waals surface area contributed by atoms with Crippen molar-refractivity contribution in [2.45, 2.75) is 6.43 Å². The van der Waals surface area contributed by atoms with E-state index in [1.165, 1.54) is 0 Å². The second kappa shape index (κ2) is 3.52. The number of halogens is 3. The average Bonchev–Trinajstić information content (AvgIpc) is 2.08. The zero-order chi connectivity index (χ0) is 10.9. The molecular formula is C7H5F3N2O2. The van der Waals surface area contributed by atoms with Crippen LogP contribution >= 0.6 is 0 Å². The van der Waals surface area contributed by atoms with Crippen molar-refractivity contribution < 1.29 is 23.1 Å². The largest absolute Gasteiger partial charge is 0.478 e. The van der Waals surface area contributed by atoms with Crippen LogP contribution in [0, 0.1) is 5.82 Å². The Kier molecular flexibility index (Phi) is 2.59. The lowest BCUT2D eigenvalue weighted by Gasteiger charge is -2.05. The quantitative estimate of drug-likeness (QED) is 0.767. The lowest BCUT2D eigenvalue weighted by molar-refractivity contribution is 0.0696. The Labute approximate surface area is 76.2 Å². The molecule has 1 rings (SSSR count). The van der Waals surface area contributed by atoms with Gasteiger partial charge in [-0.1, -0.05) is 0 Å². The lowest BCUT2D eigenvalue weighted by Crippen LogP contribution is -2.09. The summed E-state index contributed by atoms with van der Waals surface area (Å²) in [6.07, 6.45) is -2.53. The zero-order valence-corrected chi connectivity index (χ0v) is 6.67. The van der Waals surface area contributed by atoms with Crippen LogP contribution in [-0.4, -0.2) is 16.1 Å². The van der Waals surface area contributed by atoms with Gasteiger partial charge in [-0.25, -0.2) is 18.0 Å². The van der Waals surface area contributed by atoms with Gasteiger partial charge in [0.2, 0.25) is 0 Å². The van der Waals surface area contributed by atoms with Gasteiger partial charge in [-0.15, -0.1) is 0 Å². The van der Waals surface area contributed by atoms with E-state index in [0.29, 0.717) is 6.20 Å². The number of nitrogen functional groups attached to an aromatic ring is 1. The normalized spacial score (nSPS) is 10.6. The Morgan fingerprint density at radius 2 is 2.14 bits per heavy atom. The highest BCUT2D eigenvalue weighted by Crippen LogP contribution is 2.25. The van der Waals surface area contributed by atoms with E-state index in [-0.39, 0.29) is 0 Å². The molecule has 7 heteroatoms. The molecule has 76 valence electrons. The van der Waals surface area contributed by atoms with Crippen molar-refractivity contribution in [1.82, 2.24) is 4.98 Å². The minimum Gasteiger partial charge on any atom is -0.478 e. The van der Waals surface area contributed by atoms with Crippen LogP contribution in [0.3, 0.4) is 0 Å². The lowest BCUT2D eigenvalue weighted by atomic mass is 10.2. The Morgan fingerprint density at radius 1 is 1.57 bits per heavy atom. The summed E-state index contributed by atoms with van der Waals surface area (Å²) < 4.78 is 37.0. The molecule has 3 N–H and O–H groups in total. The van der Waals surface area contributed by atoms with Crippen LogP contribution in [0.25, 0.3) is 0 Å². The number of carboxylic acids is 1.